The van der Waals surface area contributed by atoms with E-state index >= 15 is 0 Å². The van der Waals surface area contributed by atoms with Gasteiger partial charge in [0.25, 0.3) is 6.71 Å². The zero-order valence-corrected chi connectivity index (χ0v) is 48.3. The van der Waals surface area contributed by atoms with Crippen LogP contribution in [0.5, 0.6) is 11.5 Å². The number of aryl methyl sites for hydroxylation is 1. The van der Waals surface area contributed by atoms with E-state index in [4.69, 9.17) is 9.47 Å². The lowest BCUT2D eigenvalue weighted by Gasteiger charge is -2.45. The van der Waals surface area contributed by atoms with Gasteiger partial charge in [0.15, 0.2) is 11.5 Å². The molecular weight excluding hydrogens is 992 g/mol. The first-order valence-corrected chi connectivity index (χ1v) is 29.1. The van der Waals surface area contributed by atoms with E-state index in [1.54, 1.807) is 0 Å². The van der Waals surface area contributed by atoms with E-state index in [1.165, 1.54) is 103 Å². The predicted molar refractivity (Wildman–Crippen MR) is 342 cm³/mol. The molecule has 0 spiro atoms. The summed E-state index contributed by atoms with van der Waals surface area (Å²) in [5, 5.41) is 2.61. The third kappa shape index (κ3) is 8.41. The van der Waals surface area contributed by atoms with Gasteiger partial charge in [-0.1, -0.05) is 190 Å². The second kappa shape index (κ2) is 18.4. The van der Waals surface area contributed by atoms with Crippen LogP contribution in [-0.2, 0) is 16.2 Å². The van der Waals surface area contributed by atoms with E-state index in [9.17, 15) is 0 Å². The molecule has 1 aromatic heterocycles. The average Bonchev–Trinajstić information content (AvgIpc) is 4.21. The van der Waals surface area contributed by atoms with E-state index in [2.05, 4.69) is 279 Å². The van der Waals surface area contributed by atoms with Crippen LogP contribution in [0, 0.1) is 6.92 Å². The fourth-order valence-corrected chi connectivity index (χ4v) is 13.7. The maximum atomic E-state index is 6.35. The molecule has 11 aromatic rings. The van der Waals surface area contributed by atoms with Crippen LogP contribution in [0.15, 0.2) is 200 Å². The summed E-state index contributed by atoms with van der Waals surface area (Å²) >= 11 is 1.87. The molecular formula is C74H65BN2O2S. The molecule has 3 aliphatic heterocycles. The summed E-state index contributed by atoms with van der Waals surface area (Å²) in [7, 11) is 0. The van der Waals surface area contributed by atoms with Gasteiger partial charge < -0.3 is 19.3 Å². The lowest BCUT2D eigenvalue weighted by Crippen LogP contribution is -2.61. The third-order valence-corrected chi connectivity index (χ3v) is 18.1. The highest BCUT2D eigenvalue weighted by molar-refractivity contribution is 7.25. The van der Waals surface area contributed by atoms with Crippen LogP contribution in [0.25, 0.3) is 64.7 Å². The number of ether oxygens (including phenoxy) is 2. The van der Waals surface area contributed by atoms with Crippen LogP contribution in [0.3, 0.4) is 0 Å². The Bertz CT molecular complexity index is 4210. The third-order valence-electron chi connectivity index (χ3n) is 16.9. The number of fused-ring (bicyclic) bond motifs is 8. The minimum atomic E-state index is -0.160. The minimum absolute atomic E-state index is 0.0311. The van der Waals surface area contributed by atoms with Crippen LogP contribution in [0.1, 0.15) is 84.6 Å². The molecule has 0 radical (unpaired) electrons. The Morgan fingerprint density at radius 1 is 0.388 bits per heavy atom. The van der Waals surface area contributed by atoms with Crippen LogP contribution < -0.4 is 35.7 Å². The monoisotopic (exact) mass is 1060 g/mol. The first-order valence-electron chi connectivity index (χ1n) is 28.2. The van der Waals surface area contributed by atoms with Crippen LogP contribution in [-0.4, -0.2) is 13.5 Å². The first kappa shape index (κ1) is 49.9. The van der Waals surface area contributed by atoms with Crippen molar-refractivity contribution >= 4 is 88.7 Å². The largest absolute Gasteiger partial charge is 0.454 e. The molecule has 4 nitrogen and oxygen atoms in total. The molecule has 0 N–H and O–H groups in total. The molecule has 80 heavy (non-hydrogen) atoms. The average molecular weight is 1060 g/mol. The lowest BCUT2D eigenvalue weighted by molar-refractivity contribution is 0.174. The van der Waals surface area contributed by atoms with Gasteiger partial charge in [0.05, 0.1) is 5.69 Å². The number of rotatable bonds is 6. The van der Waals surface area contributed by atoms with E-state index in [-0.39, 0.29) is 29.8 Å². The molecule has 0 saturated carbocycles. The second-order valence-corrected chi connectivity index (χ2v) is 26.5. The summed E-state index contributed by atoms with van der Waals surface area (Å²) in [6.45, 7) is 22.9. The maximum absolute atomic E-state index is 6.35. The molecule has 0 saturated heterocycles. The highest BCUT2D eigenvalue weighted by atomic mass is 32.1. The Balaban J connectivity index is 1.06. The fraction of sp³-hybridized carbons (Fsp3) is 0.189. The molecule has 0 fully saturated rings. The number of thiophene rings is 1. The molecule has 6 heteroatoms. The second-order valence-electron chi connectivity index (χ2n) is 25.4. The molecule has 0 aliphatic carbocycles. The highest BCUT2D eigenvalue weighted by Gasteiger charge is 2.45. The van der Waals surface area contributed by atoms with Gasteiger partial charge in [-0.25, -0.2) is 0 Å². The van der Waals surface area contributed by atoms with Gasteiger partial charge in [0.1, 0.15) is 0 Å². The normalized spacial score (nSPS) is 13.7. The van der Waals surface area contributed by atoms with Crippen molar-refractivity contribution in [2.45, 2.75) is 85.5 Å². The lowest BCUT2D eigenvalue weighted by atomic mass is 9.33. The molecule has 4 heterocycles. The summed E-state index contributed by atoms with van der Waals surface area (Å²) < 4.78 is 15.3. The quantitative estimate of drug-likeness (QED) is 0.155. The van der Waals surface area contributed by atoms with Crippen LogP contribution in [0.2, 0.25) is 0 Å². The van der Waals surface area contributed by atoms with Gasteiger partial charge >= 0.3 is 0 Å². The van der Waals surface area contributed by atoms with Crippen molar-refractivity contribution in [1.29, 1.82) is 0 Å². The van der Waals surface area contributed by atoms with Gasteiger partial charge in [-0.2, -0.15) is 0 Å². The molecule has 14 rings (SSSR count). The number of nitrogens with zero attached hydrogens (tertiary/aromatic N) is 2. The summed E-state index contributed by atoms with van der Waals surface area (Å²) in [5.74, 6) is 1.53. The topological polar surface area (TPSA) is 24.9 Å². The predicted octanol–water partition coefficient (Wildman–Crippen LogP) is 18.7. The Morgan fingerprint density at radius 2 is 0.925 bits per heavy atom. The number of benzene rings is 10. The summed E-state index contributed by atoms with van der Waals surface area (Å²) in [5.41, 5.74) is 24.9. The highest BCUT2D eigenvalue weighted by Crippen LogP contribution is 2.51. The van der Waals surface area contributed by atoms with Gasteiger partial charge in [0.2, 0.25) is 6.79 Å². The zero-order chi connectivity index (χ0) is 55.0. The zero-order valence-electron chi connectivity index (χ0n) is 47.5. The van der Waals surface area contributed by atoms with E-state index in [1.807, 2.05) is 11.3 Å². The van der Waals surface area contributed by atoms with Gasteiger partial charge in [-0.15, -0.1) is 11.3 Å². The van der Waals surface area contributed by atoms with E-state index in [0.29, 0.717) is 0 Å². The van der Waals surface area contributed by atoms with Gasteiger partial charge in [-0.05, 0) is 167 Å². The minimum Gasteiger partial charge on any atom is -0.454 e. The molecule has 0 atom stereocenters. The van der Waals surface area contributed by atoms with Gasteiger partial charge in [0, 0.05) is 60.2 Å². The van der Waals surface area contributed by atoms with Crippen molar-refractivity contribution in [2.75, 3.05) is 16.6 Å². The molecule has 0 bridgehead atoms. The Labute approximate surface area is 476 Å². The number of hydrogen-bond acceptors (Lipinski definition) is 5. The Hall–Kier alpha value is -8.32. The number of anilines is 6. The summed E-state index contributed by atoms with van der Waals surface area (Å²) in [6, 6.07) is 76.2. The van der Waals surface area contributed by atoms with Crippen LogP contribution in [0.4, 0.5) is 34.1 Å². The molecule has 0 unspecified atom stereocenters. The maximum Gasteiger partial charge on any atom is 0.252 e. The standard InChI is InChI=1S/C74H65BN2O2S/c1-45-34-65-71-66(35-45)77(62-33-30-55(74(8,9)10)41-59(62)48-16-12-11-13-17-48)64-43-68-67(78-44-79-68)42-61(64)75(71)60-39-49(50-24-31-58-57-18-14-15-19-69(57)80-70(58)40-50)25-32-63(60)76(65)56-37-51(46-20-26-53(27-21-46)72(2,3)4)36-52(38-56)47-22-28-54(29-23-47)73(5,6)7/h11-43H,44H2,1-10H3. The van der Waals surface area contributed by atoms with Crippen molar-refractivity contribution in [3.63, 3.8) is 0 Å². The summed E-state index contributed by atoms with van der Waals surface area (Å²) in [4.78, 5) is 5.11. The van der Waals surface area contributed by atoms with E-state index in [0.717, 1.165) is 45.6 Å². The molecule has 392 valence electrons. The van der Waals surface area contributed by atoms with Crippen molar-refractivity contribution in [2.24, 2.45) is 0 Å². The SMILES string of the molecule is Cc1cc2c3c(c1)N(c1ccc(C(C)(C)C)cc1-c1ccccc1)c1cc4c(cc1B3c1cc(-c3ccc5c(c3)sc3ccccc35)ccc1N2c1cc(-c2ccc(C(C)(C)C)cc2)cc(-c2ccc(C(C)(C)C)cc2)c1)OCO4. The van der Waals surface area contributed by atoms with Crippen molar-refractivity contribution in [3.05, 3.63) is 222 Å². The summed E-state index contributed by atoms with van der Waals surface area (Å²) in [6.07, 6.45) is 0. The molecule has 3 aliphatic rings. The van der Waals surface area contributed by atoms with Crippen molar-refractivity contribution in [1.82, 2.24) is 0 Å². The molecule has 10 aromatic carbocycles. The smallest absolute Gasteiger partial charge is 0.252 e. The van der Waals surface area contributed by atoms with Gasteiger partial charge in [-0.3, -0.25) is 0 Å². The first-order chi connectivity index (χ1) is 38.4. The van der Waals surface area contributed by atoms with Crippen molar-refractivity contribution < 1.29 is 9.47 Å². The van der Waals surface area contributed by atoms with Crippen molar-refractivity contribution in [3.8, 4) is 56.0 Å². The molecule has 0 amide bonds. The van der Waals surface area contributed by atoms with E-state index < -0.39 is 0 Å². The van der Waals surface area contributed by atoms with Crippen LogP contribution >= 0.6 is 11.3 Å². The Morgan fingerprint density at radius 3 is 1.59 bits per heavy atom. The Kier molecular flexibility index (Phi) is 11.5. The fourth-order valence-electron chi connectivity index (χ4n) is 12.6. The number of hydrogen-bond donors (Lipinski definition) is 0.